The number of ketones is 1. The van der Waals surface area contributed by atoms with E-state index in [1.807, 2.05) is 36.4 Å². The van der Waals surface area contributed by atoms with Crippen LogP contribution < -0.4 is 26.6 Å². The first-order chi connectivity index (χ1) is 21.4. The van der Waals surface area contributed by atoms with Crippen molar-refractivity contribution in [1.82, 2.24) is 26.3 Å². The van der Waals surface area contributed by atoms with Crippen molar-refractivity contribution in [3.05, 3.63) is 95.7 Å². The van der Waals surface area contributed by atoms with E-state index in [1.165, 1.54) is 32.2 Å². The molecule has 0 spiro atoms. The quantitative estimate of drug-likeness (QED) is 0.172. The van der Waals surface area contributed by atoms with Gasteiger partial charge in [0.05, 0.1) is 6.04 Å². The van der Waals surface area contributed by atoms with Gasteiger partial charge in [-0.05, 0) is 36.1 Å². The van der Waals surface area contributed by atoms with E-state index >= 15 is 0 Å². The second-order valence-corrected chi connectivity index (χ2v) is 10.8. The molecule has 236 valence electrons. The number of benzene rings is 2. The molecule has 5 amide bonds. The molecule has 1 aromatic heterocycles. The summed E-state index contributed by atoms with van der Waals surface area (Å²) in [5.41, 5.74) is 1.74. The average molecular weight is 615 g/mol. The normalized spacial score (nSPS) is 12.6. The summed E-state index contributed by atoms with van der Waals surface area (Å²) < 4.78 is 0. The third-order valence-electron chi connectivity index (χ3n) is 6.75. The number of rotatable bonds is 14. The lowest BCUT2D eigenvalue weighted by atomic mass is 9.98. The van der Waals surface area contributed by atoms with Gasteiger partial charge in [-0.1, -0.05) is 74.5 Å². The van der Waals surface area contributed by atoms with Gasteiger partial charge >= 0.3 is 0 Å². The van der Waals surface area contributed by atoms with Crippen LogP contribution in [0.1, 0.15) is 49.2 Å². The van der Waals surface area contributed by atoms with Gasteiger partial charge in [0.25, 0.3) is 11.8 Å². The van der Waals surface area contributed by atoms with Crippen LogP contribution in [0.25, 0.3) is 0 Å². The zero-order valence-corrected chi connectivity index (χ0v) is 25.6. The largest absolute Gasteiger partial charge is 0.345 e. The lowest BCUT2D eigenvalue weighted by Gasteiger charge is -2.25. The Bertz CT molecular complexity index is 1510. The maximum atomic E-state index is 13.4. The molecule has 0 aliphatic rings. The van der Waals surface area contributed by atoms with E-state index in [0.717, 1.165) is 11.1 Å². The maximum Gasteiger partial charge on any atom is 0.289 e. The van der Waals surface area contributed by atoms with Crippen molar-refractivity contribution < 1.29 is 28.8 Å². The Balaban J connectivity index is 1.68. The summed E-state index contributed by atoms with van der Waals surface area (Å²) in [6, 6.07) is 17.6. The third-order valence-corrected chi connectivity index (χ3v) is 6.75. The molecule has 0 fully saturated rings. The van der Waals surface area contributed by atoms with Crippen molar-refractivity contribution >= 4 is 41.1 Å². The van der Waals surface area contributed by atoms with Crippen LogP contribution >= 0.6 is 0 Å². The molecule has 3 aromatic rings. The number of hydrogen-bond donors (Lipinski definition) is 5. The van der Waals surface area contributed by atoms with Crippen LogP contribution in [-0.4, -0.2) is 58.4 Å². The molecule has 0 saturated carbocycles. The van der Waals surface area contributed by atoms with Crippen LogP contribution in [0.4, 0.5) is 5.82 Å². The monoisotopic (exact) mass is 614 g/mol. The predicted molar refractivity (Wildman–Crippen MR) is 168 cm³/mol. The Hall–Kier alpha value is -5.39. The Kier molecular flexibility index (Phi) is 12.5. The summed E-state index contributed by atoms with van der Waals surface area (Å²) in [6.45, 7) is 6.29. The molecule has 45 heavy (non-hydrogen) atoms. The number of pyridine rings is 1. The van der Waals surface area contributed by atoms with E-state index < -0.39 is 53.5 Å². The molecule has 0 aliphatic carbocycles. The first-order valence-electron chi connectivity index (χ1n) is 14.5. The molecular weight excluding hydrogens is 576 g/mol. The van der Waals surface area contributed by atoms with Gasteiger partial charge in [-0.3, -0.25) is 28.8 Å². The van der Waals surface area contributed by atoms with Crippen molar-refractivity contribution in [2.45, 2.75) is 58.8 Å². The topological polar surface area (TPSA) is 175 Å². The molecule has 2 aromatic carbocycles. The predicted octanol–water partition coefficient (Wildman–Crippen LogP) is 1.91. The van der Waals surface area contributed by atoms with E-state index in [0.29, 0.717) is 0 Å². The van der Waals surface area contributed by atoms with Crippen LogP contribution in [0.2, 0.25) is 0 Å². The number of nitrogens with one attached hydrogen (secondary N) is 5. The summed E-state index contributed by atoms with van der Waals surface area (Å²) in [5, 5.41) is 13.0. The van der Waals surface area contributed by atoms with Gasteiger partial charge in [0.15, 0.2) is 0 Å². The summed E-state index contributed by atoms with van der Waals surface area (Å²) >= 11 is 0. The highest BCUT2D eigenvalue weighted by Crippen LogP contribution is 2.10. The minimum Gasteiger partial charge on any atom is -0.345 e. The van der Waals surface area contributed by atoms with Gasteiger partial charge < -0.3 is 26.6 Å². The van der Waals surface area contributed by atoms with Crippen LogP contribution in [0.15, 0.2) is 79.0 Å². The van der Waals surface area contributed by atoms with E-state index in [-0.39, 0.29) is 30.3 Å². The highest BCUT2D eigenvalue weighted by Gasteiger charge is 2.32. The number of nitrogens with zero attached hydrogens (tertiary/aromatic N) is 1. The first-order valence-corrected chi connectivity index (χ1v) is 14.5. The van der Waals surface area contributed by atoms with Crippen LogP contribution in [0.5, 0.6) is 0 Å². The highest BCUT2D eigenvalue weighted by atomic mass is 16.2. The standard InChI is InChI=1S/C33H38N6O6/c1-20(2)28(29(41)33(45)35-19-24-13-9-6-10-14-24)39-30(42)21(3)36-32(44)26(17-23-11-7-5-8-12-23)38-31(43)25-15-16-34-27(18-25)37-22(4)40/h5-16,18,20-21,26,28H,17,19H2,1-4H3,(H,35,45)(H,36,44)(H,38,43)(H,39,42)(H,34,37,40)/t21-,26-,28-/m0/s1. The number of carbonyl (C=O) groups excluding carboxylic acids is 6. The minimum atomic E-state index is -1.13. The number of aromatic nitrogens is 1. The smallest absolute Gasteiger partial charge is 0.289 e. The molecule has 0 saturated heterocycles. The Labute approximate surface area is 261 Å². The van der Waals surface area contributed by atoms with E-state index in [4.69, 9.17) is 0 Å². The van der Waals surface area contributed by atoms with Crippen molar-refractivity contribution in [2.24, 2.45) is 5.92 Å². The Morgan fingerprint density at radius 3 is 1.98 bits per heavy atom. The lowest BCUT2D eigenvalue weighted by molar-refractivity contribution is -0.141. The van der Waals surface area contributed by atoms with Crippen LogP contribution in [0.3, 0.4) is 0 Å². The Morgan fingerprint density at radius 1 is 0.756 bits per heavy atom. The molecule has 3 atom stereocenters. The fourth-order valence-electron chi connectivity index (χ4n) is 4.32. The number of amides is 5. The van der Waals surface area contributed by atoms with Gasteiger partial charge in [0.2, 0.25) is 23.5 Å². The van der Waals surface area contributed by atoms with Gasteiger partial charge in [0.1, 0.15) is 17.9 Å². The fraction of sp³-hybridized carbons (Fsp3) is 0.303. The van der Waals surface area contributed by atoms with Crippen molar-refractivity contribution in [3.63, 3.8) is 0 Å². The van der Waals surface area contributed by atoms with Gasteiger partial charge in [-0.25, -0.2) is 4.98 Å². The first kappa shape index (κ1) is 34.1. The van der Waals surface area contributed by atoms with Crippen LogP contribution in [0, 0.1) is 5.92 Å². The molecule has 0 radical (unpaired) electrons. The molecule has 12 nitrogen and oxygen atoms in total. The molecule has 0 unspecified atom stereocenters. The van der Waals surface area contributed by atoms with Crippen molar-refractivity contribution in [3.8, 4) is 0 Å². The lowest BCUT2D eigenvalue weighted by Crippen LogP contribution is -2.57. The third kappa shape index (κ3) is 10.7. The summed E-state index contributed by atoms with van der Waals surface area (Å²) in [5.74, 6) is -4.15. The Morgan fingerprint density at radius 2 is 1.38 bits per heavy atom. The van der Waals surface area contributed by atoms with Crippen molar-refractivity contribution in [2.75, 3.05) is 5.32 Å². The summed E-state index contributed by atoms with van der Waals surface area (Å²) in [4.78, 5) is 80.6. The van der Waals surface area contributed by atoms with Crippen molar-refractivity contribution in [1.29, 1.82) is 0 Å². The molecule has 0 aliphatic heterocycles. The molecule has 1 heterocycles. The summed E-state index contributed by atoms with van der Waals surface area (Å²) in [7, 11) is 0. The zero-order chi connectivity index (χ0) is 32.9. The van der Waals surface area contributed by atoms with E-state index in [1.54, 1.807) is 38.1 Å². The van der Waals surface area contributed by atoms with Gasteiger partial charge in [-0.15, -0.1) is 0 Å². The van der Waals surface area contributed by atoms with Crippen LogP contribution in [-0.2, 0) is 36.9 Å². The van der Waals surface area contributed by atoms with Gasteiger partial charge in [0, 0.05) is 31.6 Å². The average Bonchev–Trinajstić information content (AvgIpc) is 3.02. The number of carbonyl (C=O) groups is 6. The number of Topliss-reactive ketones (excluding diaryl/α,β-unsaturated/α-hetero) is 1. The van der Waals surface area contributed by atoms with E-state index in [2.05, 4.69) is 31.6 Å². The van der Waals surface area contributed by atoms with Gasteiger partial charge in [-0.2, -0.15) is 0 Å². The molecular formula is C33H38N6O6. The minimum absolute atomic E-state index is 0.116. The highest BCUT2D eigenvalue weighted by molar-refractivity contribution is 6.38. The SMILES string of the molecule is CC(=O)Nc1cc(C(=O)N[C@@H](Cc2ccccc2)C(=O)N[C@@H](C)C(=O)N[C@H](C(=O)C(=O)NCc2ccccc2)C(C)C)ccn1. The fourth-order valence-corrected chi connectivity index (χ4v) is 4.32. The second-order valence-electron chi connectivity index (χ2n) is 10.8. The zero-order valence-electron chi connectivity index (χ0n) is 25.6. The molecule has 3 rings (SSSR count). The molecule has 12 heteroatoms. The molecule has 0 bridgehead atoms. The maximum absolute atomic E-state index is 13.4. The number of hydrogen-bond acceptors (Lipinski definition) is 7. The summed E-state index contributed by atoms with van der Waals surface area (Å²) in [6.07, 6.45) is 1.47. The molecule has 5 N–H and O–H groups in total. The number of anilines is 1. The second kappa shape index (κ2) is 16.5. The van der Waals surface area contributed by atoms with E-state index in [9.17, 15) is 28.8 Å².